The average molecular weight is 322 g/mol. The highest BCUT2D eigenvalue weighted by Gasteiger charge is 2.32. The van der Waals surface area contributed by atoms with Crippen molar-refractivity contribution >= 4 is 16.9 Å². The summed E-state index contributed by atoms with van der Waals surface area (Å²) in [5.41, 5.74) is 1.95. The van der Waals surface area contributed by atoms with Crippen molar-refractivity contribution in [2.45, 2.75) is 13.3 Å². The SMILES string of the molecule is CN1CCC(C)(CNc2ncnc3oc(-c4ccccc4)cc23)C1. The summed E-state index contributed by atoms with van der Waals surface area (Å²) >= 11 is 0. The predicted molar refractivity (Wildman–Crippen MR) is 96.0 cm³/mol. The van der Waals surface area contributed by atoms with E-state index < -0.39 is 0 Å². The van der Waals surface area contributed by atoms with Gasteiger partial charge < -0.3 is 14.6 Å². The summed E-state index contributed by atoms with van der Waals surface area (Å²) in [7, 11) is 2.18. The highest BCUT2D eigenvalue weighted by Crippen LogP contribution is 2.32. The van der Waals surface area contributed by atoms with Gasteiger partial charge in [0, 0.05) is 18.7 Å². The molecule has 1 aliphatic heterocycles. The molecule has 1 fully saturated rings. The second kappa shape index (κ2) is 5.91. The molecule has 1 atom stereocenters. The number of fused-ring (bicyclic) bond motifs is 1. The summed E-state index contributed by atoms with van der Waals surface area (Å²) in [6.45, 7) is 5.48. The van der Waals surface area contributed by atoms with Gasteiger partial charge in [0.05, 0.1) is 5.39 Å². The predicted octanol–water partition coefficient (Wildman–Crippen LogP) is 3.64. The van der Waals surface area contributed by atoms with E-state index in [4.69, 9.17) is 4.42 Å². The summed E-state index contributed by atoms with van der Waals surface area (Å²) in [5, 5.41) is 4.45. The Balaban J connectivity index is 1.61. The lowest BCUT2D eigenvalue weighted by molar-refractivity contribution is 0.325. The molecule has 0 amide bonds. The number of furan rings is 1. The first-order valence-electron chi connectivity index (χ1n) is 8.35. The maximum absolute atomic E-state index is 5.91. The van der Waals surface area contributed by atoms with Crippen LogP contribution in [-0.4, -0.2) is 41.5 Å². The van der Waals surface area contributed by atoms with Crippen molar-refractivity contribution in [1.29, 1.82) is 0 Å². The normalized spacial score (nSPS) is 21.4. The second-order valence-electron chi connectivity index (χ2n) is 7.07. The zero-order chi connectivity index (χ0) is 16.6. The van der Waals surface area contributed by atoms with Gasteiger partial charge >= 0.3 is 0 Å². The summed E-state index contributed by atoms with van der Waals surface area (Å²) in [6, 6.07) is 12.1. The molecular formula is C19H22N4O. The van der Waals surface area contributed by atoms with E-state index in [0.717, 1.165) is 42.2 Å². The van der Waals surface area contributed by atoms with E-state index in [2.05, 4.69) is 34.2 Å². The zero-order valence-corrected chi connectivity index (χ0v) is 14.1. The topological polar surface area (TPSA) is 54.2 Å². The Hall–Kier alpha value is -2.40. The lowest BCUT2D eigenvalue weighted by Gasteiger charge is -2.24. The van der Waals surface area contributed by atoms with Gasteiger partial charge in [-0.2, -0.15) is 0 Å². The minimum atomic E-state index is 0.276. The van der Waals surface area contributed by atoms with E-state index in [1.54, 1.807) is 6.33 Å². The summed E-state index contributed by atoms with van der Waals surface area (Å²) < 4.78 is 5.91. The Kier molecular flexibility index (Phi) is 3.73. The van der Waals surface area contributed by atoms with Crippen LogP contribution in [0.25, 0.3) is 22.4 Å². The van der Waals surface area contributed by atoms with Gasteiger partial charge in [-0.3, -0.25) is 0 Å². The molecule has 0 bridgehead atoms. The molecule has 1 aromatic carbocycles. The van der Waals surface area contributed by atoms with Crippen molar-refractivity contribution in [3.8, 4) is 11.3 Å². The van der Waals surface area contributed by atoms with Crippen LogP contribution in [0.4, 0.5) is 5.82 Å². The first-order chi connectivity index (χ1) is 11.6. The average Bonchev–Trinajstić information content (AvgIpc) is 3.18. The third kappa shape index (κ3) is 2.87. The van der Waals surface area contributed by atoms with Crippen LogP contribution in [0.3, 0.4) is 0 Å². The fourth-order valence-corrected chi connectivity index (χ4v) is 3.45. The van der Waals surface area contributed by atoms with Crippen LogP contribution < -0.4 is 5.32 Å². The lowest BCUT2D eigenvalue weighted by atomic mass is 9.90. The van der Waals surface area contributed by atoms with Crippen LogP contribution in [0.2, 0.25) is 0 Å². The van der Waals surface area contributed by atoms with Gasteiger partial charge in [-0.25, -0.2) is 9.97 Å². The molecule has 5 heteroatoms. The van der Waals surface area contributed by atoms with E-state index in [1.165, 1.54) is 6.42 Å². The Labute approximate surface area is 141 Å². The van der Waals surface area contributed by atoms with Gasteiger partial charge in [-0.1, -0.05) is 37.3 Å². The number of likely N-dealkylation sites (tertiary alicyclic amines) is 1. The van der Waals surface area contributed by atoms with Crippen LogP contribution in [0.1, 0.15) is 13.3 Å². The number of nitrogens with one attached hydrogen (secondary N) is 1. The minimum absolute atomic E-state index is 0.276. The molecule has 4 rings (SSSR count). The van der Waals surface area contributed by atoms with Crippen molar-refractivity contribution in [3.05, 3.63) is 42.7 Å². The van der Waals surface area contributed by atoms with Gasteiger partial charge in [0.2, 0.25) is 5.71 Å². The first kappa shape index (κ1) is 15.1. The molecule has 0 aliphatic carbocycles. The number of nitrogens with zero attached hydrogens (tertiary/aromatic N) is 3. The largest absolute Gasteiger partial charge is 0.438 e. The van der Waals surface area contributed by atoms with Crippen LogP contribution >= 0.6 is 0 Å². The van der Waals surface area contributed by atoms with Crippen molar-refractivity contribution in [2.75, 3.05) is 32.0 Å². The molecule has 3 heterocycles. The van der Waals surface area contributed by atoms with Crippen molar-refractivity contribution < 1.29 is 4.42 Å². The maximum Gasteiger partial charge on any atom is 0.231 e. The second-order valence-corrected chi connectivity index (χ2v) is 7.07. The highest BCUT2D eigenvalue weighted by molar-refractivity contribution is 5.89. The van der Waals surface area contributed by atoms with E-state index in [1.807, 2.05) is 36.4 Å². The molecule has 124 valence electrons. The molecule has 1 unspecified atom stereocenters. The number of anilines is 1. The van der Waals surface area contributed by atoms with Gasteiger partial charge in [0.15, 0.2) is 0 Å². The molecule has 0 spiro atoms. The Morgan fingerprint density at radius 3 is 2.83 bits per heavy atom. The summed E-state index contributed by atoms with van der Waals surface area (Å²) in [6.07, 6.45) is 2.76. The van der Waals surface area contributed by atoms with Gasteiger partial charge in [-0.15, -0.1) is 0 Å². The molecule has 24 heavy (non-hydrogen) atoms. The van der Waals surface area contributed by atoms with E-state index in [-0.39, 0.29) is 5.41 Å². The molecular weight excluding hydrogens is 300 g/mol. The van der Waals surface area contributed by atoms with Crippen molar-refractivity contribution in [1.82, 2.24) is 14.9 Å². The molecule has 0 saturated carbocycles. The standard InChI is InChI=1S/C19H22N4O/c1-19(8-9-23(2)12-19)11-20-17-15-10-16(14-6-4-3-5-7-14)24-18(15)22-13-21-17/h3-7,10,13H,8-9,11-12H2,1-2H3,(H,20,21,22). The van der Waals surface area contributed by atoms with Gasteiger partial charge in [0.25, 0.3) is 0 Å². The molecule has 0 radical (unpaired) electrons. The Bertz CT molecular complexity index is 845. The molecule has 2 aromatic heterocycles. The lowest BCUT2D eigenvalue weighted by Crippen LogP contribution is -2.29. The van der Waals surface area contributed by atoms with Crippen LogP contribution in [0, 0.1) is 5.41 Å². The molecule has 5 nitrogen and oxygen atoms in total. The van der Waals surface area contributed by atoms with Crippen LogP contribution in [-0.2, 0) is 0 Å². The number of hydrogen-bond donors (Lipinski definition) is 1. The van der Waals surface area contributed by atoms with E-state index >= 15 is 0 Å². The maximum atomic E-state index is 5.91. The number of hydrogen-bond acceptors (Lipinski definition) is 5. The van der Waals surface area contributed by atoms with Gasteiger partial charge in [0.1, 0.15) is 17.9 Å². The molecule has 1 aliphatic rings. The summed E-state index contributed by atoms with van der Waals surface area (Å²) in [4.78, 5) is 11.1. The fourth-order valence-electron chi connectivity index (χ4n) is 3.45. The molecule has 1 N–H and O–H groups in total. The smallest absolute Gasteiger partial charge is 0.231 e. The quantitative estimate of drug-likeness (QED) is 0.795. The highest BCUT2D eigenvalue weighted by atomic mass is 16.3. The Morgan fingerprint density at radius 1 is 1.25 bits per heavy atom. The van der Waals surface area contributed by atoms with Crippen molar-refractivity contribution in [2.24, 2.45) is 5.41 Å². The monoisotopic (exact) mass is 322 g/mol. The Morgan fingerprint density at radius 2 is 2.08 bits per heavy atom. The number of rotatable bonds is 4. The summed E-state index contributed by atoms with van der Waals surface area (Å²) in [5.74, 6) is 1.67. The minimum Gasteiger partial charge on any atom is -0.438 e. The van der Waals surface area contributed by atoms with Gasteiger partial charge in [-0.05, 0) is 31.5 Å². The molecule has 3 aromatic rings. The van der Waals surface area contributed by atoms with Crippen LogP contribution in [0.15, 0.2) is 47.1 Å². The first-order valence-corrected chi connectivity index (χ1v) is 8.35. The molecule has 1 saturated heterocycles. The van der Waals surface area contributed by atoms with E-state index in [0.29, 0.717) is 5.71 Å². The van der Waals surface area contributed by atoms with Crippen LogP contribution in [0.5, 0.6) is 0 Å². The van der Waals surface area contributed by atoms with E-state index in [9.17, 15) is 0 Å². The zero-order valence-electron chi connectivity index (χ0n) is 14.1. The third-order valence-corrected chi connectivity index (χ3v) is 4.82. The van der Waals surface area contributed by atoms with Crippen molar-refractivity contribution in [3.63, 3.8) is 0 Å². The number of benzene rings is 1. The third-order valence-electron chi connectivity index (χ3n) is 4.82. The fraction of sp³-hybridized carbons (Fsp3) is 0.368. The number of aromatic nitrogens is 2.